The summed E-state index contributed by atoms with van der Waals surface area (Å²) < 4.78 is 5.14. The van der Waals surface area contributed by atoms with Gasteiger partial charge in [-0.25, -0.2) is 0 Å². The van der Waals surface area contributed by atoms with E-state index in [9.17, 15) is 0 Å². The first-order valence-corrected chi connectivity index (χ1v) is 6.57. The summed E-state index contributed by atoms with van der Waals surface area (Å²) >= 11 is 0. The summed E-state index contributed by atoms with van der Waals surface area (Å²) in [4.78, 5) is 0. The number of nitrogens with one attached hydrogen (secondary N) is 1. The summed E-state index contributed by atoms with van der Waals surface area (Å²) in [7, 11) is 1.77. The van der Waals surface area contributed by atoms with Crippen molar-refractivity contribution in [1.29, 1.82) is 0 Å². The SMILES string of the molecule is COCC(C)CNC1CC(c2ccccc2)C1. The number of hydrogen-bond acceptors (Lipinski definition) is 2. The average Bonchev–Trinajstić information content (AvgIpc) is 2.28. The van der Waals surface area contributed by atoms with Gasteiger partial charge in [-0.15, -0.1) is 0 Å². The summed E-state index contributed by atoms with van der Waals surface area (Å²) in [6.07, 6.45) is 2.56. The summed E-state index contributed by atoms with van der Waals surface area (Å²) in [6, 6.07) is 11.6. The molecule has 1 N–H and O–H groups in total. The Kier molecular flexibility index (Phi) is 4.57. The van der Waals surface area contributed by atoms with Gasteiger partial charge in [-0.3, -0.25) is 0 Å². The molecule has 2 rings (SSSR count). The van der Waals surface area contributed by atoms with Gasteiger partial charge in [-0.05, 0) is 30.2 Å². The smallest absolute Gasteiger partial charge is 0.0499 e. The van der Waals surface area contributed by atoms with Crippen molar-refractivity contribution in [1.82, 2.24) is 5.32 Å². The fourth-order valence-corrected chi connectivity index (χ4v) is 2.49. The van der Waals surface area contributed by atoms with Crippen molar-refractivity contribution in [3.63, 3.8) is 0 Å². The highest BCUT2D eigenvalue weighted by atomic mass is 16.5. The number of rotatable bonds is 6. The molecule has 0 saturated heterocycles. The molecule has 1 fully saturated rings. The molecule has 0 heterocycles. The molecule has 1 aliphatic rings. The van der Waals surface area contributed by atoms with Gasteiger partial charge in [-0.2, -0.15) is 0 Å². The minimum atomic E-state index is 0.607. The van der Waals surface area contributed by atoms with Crippen molar-refractivity contribution < 1.29 is 4.74 Å². The molecule has 1 aliphatic carbocycles. The lowest BCUT2D eigenvalue weighted by Gasteiger charge is -2.37. The minimum absolute atomic E-state index is 0.607. The maximum atomic E-state index is 5.14. The molecule has 2 heteroatoms. The van der Waals surface area contributed by atoms with Crippen molar-refractivity contribution in [3.8, 4) is 0 Å². The number of hydrogen-bond donors (Lipinski definition) is 1. The Hall–Kier alpha value is -0.860. The zero-order valence-electron chi connectivity index (χ0n) is 10.9. The first-order chi connectivity index (χ1) is 8.29. The molecule has 1 unspecified atom stereocenters. The average molecular weight is 233 g/mol. The fraction of sp³-hybridized carbons (Fsp3) is 0.600. The Balaban J connectivity index is 1.66. The maximum Gasteiger partial charge on any atom is 0.0499 e. The van der Waals surface area contributed by atoms with Crippen LogP contribution in [0.1, 0.15) is 31.2 Å². The summed E-state index contributed by atoms with van der Waals surface area (Å²) in [5.41, 5.74) is 1.50. The van der Waals surface area contributed by atoms with Crippen molar-refractivity contribution in [2.75, 3.05) is 20.3 Å². The van der Waals surface area contributed by atoms with Gasteiger partial charge in [0.05, 0.1) is 0 Å². The molecule has 1 saturated carbocycles. The Morgan fingerprint density at radius 1 is 1.29 bits per heavy atom. The van der Waals surface area contributed by atoms with Gasteiger partial charge < -0.3 is 10.1 Å². The molecule has 0 spiro atoms. The van der Waals surface area contributed by atoms with Crippen LogP contribution < -0.4 is 5.32 Å². The predicted octanol–water partition coefficient (Wildman–Crippen LogP) is 2.80. The van der Waals surface area contributed by atoms with E-state index < -0.39 is 0 Å². The first kappa shape index (κ1) is 12.6. The van der Waals surface area contributed by atoms with Crippen molar-refractivity contribution >= 4 is 0 Å². The van der Waals surface area contributed by atoms with E-state index in [-0.39, 0.29) is 0 Å². The Bertz CT molecular complexity index is 319. The van der Waals surface area contributed by atoms with Crippen LogP contribution in [0.3, 0.4) is 0 Å². The summed E-state index contributed by atoms with van der Waals surface area (Å²) in [6.45, 7) is 4.14. The van der Waals surface area contributed by atoms with Crippen molar-refractivity contribution in [2.45, 2.75) is 31.7 Å². The number of methoxy groups -OCH3 is 1. The second-order valence-electron chi connectivity index (χ2n) is 5.24. The first-order valence-electron chi connectivity index (χ1n) is 6.57. The quantitative estimate of drug-likeness (QED) is 0.816. The highest BCUT2D eigenvalue weighted by Gasteiger charge is 2.29. The molecule has 0 bridgehead atoms. The molecule has 0 aromatic heterocycles. The van der Waals surface area contributed by atoms with E-state index >= 15 is 0 Å². The largest absolute Gasteiger partial charge is 0.384 e. The standard InChI is InChI=1S/C15H23NO/c1-12(11-17-2)10-16-15-8-14(9-15)13-6-4-3-5-7-13/h3-7,12,14-16H,8-11H2,1-2H3. The van der Waals surface area contributed by atoms with E-state index in [4.69, 9.17) is 4.74 Å². The second kappa shape index (κ2) is 6.18. The number of benzene rings is 1. The maximum absolute atomic E-state index is 5.14. The van der Waals surface area contributed by atoms with E-state index in [1.54, 1.807) is 7.11 Å². The van der Waals surface area contributed by atoms with Crippen LogP contribution in [-0.2, 0) is 4.74 Å². The minimum Gasteiger partial charge on any atom is -0.384 e. The van der Waals surface area contributed by atoms with Crippen molar-refractivity contribution in [2.24, 2.45) is 5.92 Å². The van der Waals surface area contributed by atoms with Gasteiger partial charge >= 0.3 is 0 Å². The molecule has 0 radical (unpaired) electrons. The van der Waals surface area contributed by atoms with Gasteiger partial charge in [0.15, 0.2) is 0 Å². The van der Waals surface area contributed by atoms with Crippen LogP contribution in [0.5, 0.6) is 0 Å². The van der Waals surface area contributed by atoms with Crippen molar-refractivity contribution in [3.05, 3.63) is 35.9 Å². The van der Waals surface area contributed by atoms with Gasteiger partial charge in [0.2, 0.25) is 0 Å². The Morgan fingerprint density at radius 3 is 2.65 bits per heavy atom. The second-order valence-corrected chi connectivity index (χ2v) is 5.24. The van der Waals surface area contributed by atoms with Crippen LogP contribution in [0.4, 0.5) is 0 Å². The van der Waals surface area contributed by atoms with E-state index in [2.05, 4.69) is 42.6 Å². The molecular weight excluding hydrogens is 210 g/mol. The van der Waals surface area contributed by atoms with Crippen LogP contribution >= 0.6 is 0 Å². The molecule has 17 heavy (non-hydrogen) atoms. The molecule has 1 aromatic carbocycles. The van der Waals surface area contributed by atoms with Gasteiger partial charge in [0, 0.05) is 26.3 Å². The van der Waals surface area contributed by atoms with Crippen LogP contribution in [0, 0.1) is 5.92 Å². The lowest BCUT2D eigenvalue weighted by Crippen LogP contribution is -2.42. The normalized spacial score (nSPS) is 25.3. The highest BCUT2D eigenvalue weighted by molar-refractivity contribution is 5.22. The third-order valence-electron chi connectivity index (χ3n) is 3.62. The molecule has 2 nitrogen and oxygen atoms in total. The predicted molar refractivity (Wildman–Crippen MR) is 71.2 cm³/mol. The molecular formula is C15H23NO. The zero-order valence-corrected chi connectivity index (χ0v) is 10.9. The van der Waals surface area contributed by atoms with E-state index in [1.165, 1.54) is 18.4 Å². The fourth-order valence-electron chi connectivity index (χ4n) is 2.49. The van der Waals surface area contributed by atoms with Gasteiger partial charge in [-0.1, -0.05) is 37.3 Å². The molecule has 1 aromatic rings. The number of ether oxygens (including phenoxy) is 1. The van der Waals surface area contributed by atoms with Crippen LogP contribution in [0.25, 0.3) is 0 Å². The molecule has 0 amide bonds. The monoisotopic (exact) mass is 233 g/mol. The van der Waals surface area contributed by atoms with E-state index in [1.807, 2.05) is 0 Å². The van der Waals surface area contributed by atoms with Crippen LogP contribution in [-0.4, -0.2) is 26.3 Å². The zero-order chi connectivity index (χ0) is 12.1. The van der Waals surface area contributed by atoms with Crippen LogP contribution in [0.15, 0.2) is 30.3 Å². The highest BCUT2D eigenvalue weighted by Crippen LogP contribution is 2.36. The topological polar surface area (TPSA) is 21.3 Å². The molecule has 0 aliphatic heterocycles. The Labute approximate surface area is 104 Å². The third kappa shape index (κ3) is 3.55. The third-order valence-corrected chi connectivity index (χ3v) is 3.62. The van der Waals surface area contributed by atoms with E-state index in [0.29, 0.717) is 12.0 Å². The summed E-state index contributed by atoms with van der Waals surface area (Å²) in [5.74, 6) is 1.38. The lowest BCUT2D eigenvalue weighted by atomic mass is 9.76. The van der Waals surface area contributed by atoms with Gasteiger partial charge in [0.25, 0.3) is 0 Å². The molecule has 1 atom stereocenters. The van der Waals surface area contributed by atoms with Gasteiger partial charge in [0.1, 0.15) is 0 Å². The van der Waals surface area contributed by atoms with Crippen LogP contribution in [0.2, 0.25) is 0 Å². The van der Waals surface area contributed by atoms with E-state index in [0.717, 1.165) is 19.1 Å². The molecule has 94 valence electrons. The lowest BCUT2D eigenvalue weighted by molar-refractivity contribution is 0.152. The summed E-state index contributed by atoms with van der Waals surface area (Å²) in [5, 5.41) is 3.62. The Morgan fingerprint density at radius 2 is 2.00 bits per heavy atom.